The van der Waals surface area contributed by atoms with Crippen molar-refractivity contribution < 1.29 is 0 Å². The van der Waals surface area contributed by atoms with Gasteiger partial charge in [-0.05, 0) is 18.9 Å². The van der Waals surface area contributed by atoms with E-state index in [1.807, 2.05) is 16.9 Å². The fraction of sp³-hybridized carbons (Fsp3) is 0.545. The highest BCUT2D eigenvalue weighted by Gasteiger charge is 2.20. The molecular formula is C11H17N7. The van der Waals surface area contributed by atoms with Gasteiger partial charge in [0.05, 0.1) is 0 Å². The van der Waals surface area contributed by atoms with E-state index in [1.165, 1.54) is 0 Å². The number of rotatable bonds is 3. The standard InChI is InChI=1S/C11H17N7/c12-9-3-1-5-17(7-9)11-14-10(15-16-11)8-18-6-2-4-13-18/h2,4,6,9H,1,3,5,7-8,12H2,(H,14,15,16). The Balaban J connectivity index is 1.69. The van der Waals surface area contributed by atoms with E-state index in [2.05, 4.69) is 25.2 Å². The van der Waals surface area contributed by atoms with Crippen LogP contribution in [0.2, 0.25) is 0 Å². The van der Waals surface area contributed by atoms with E-state index in [1.54, 1.807) is 6.20 Å². The minimum atomic E-state index is 0.229. The topological polar surface area (TPSA) is 88.6 Å². The van der Waals surface area contributed by atoms with Crippen molar-refractivity contribution in [2.75, 3.05) is 18.0 Å². The highest BCUT2D eigenvalue weighted by atomic mass is 15.4. The molecule has 3 N–H and O–H groups in total. The Morgan fingerprint density at radius 3 is 3.22 bits per heavy atom. The quantitative estimate of drug-likeness (QED) is 0.795. The van der Waals surface area contributed by atoms with Gasteiger partial charge in [0.2, 0.25) is 5.95 Å². The lowest BCUT2D eigenvalue weighted by atomic mass is 10.1. The maximum absolute atomic E-state index is 5.96. The Hall–Kier alpha value is -1.89. The second-order valence-corrected chi connectivity index (χ2v) is 4.63. The number of nitrogens with zero attached hydrogens (tertiary/aromatic N) is 5. The van der Waals surface area contributed by atoms with Gasteiger partial charge in [-0.1, -0.05) is 0 Å². The molecule has 0 spiro atoms. The van der Waals surface area contributed by atoms with Crippen LogP contribution in [0, 0.1) is 0 Å². The summed E-state index contributed by atoms with van der Waals surface area (Å²) < 4.78 is 1.81. The highest BCUT2D eigenvalue weighted by molar-refractivity contribution is 5.29. The molecule has 96 valence electrons. The molecule has 1 fully saturated rings. The molecule has 0 aromatic carbocycles. The summed E-state index contributed by atoms with van der Waals surface area (Å²) in [6, 6.07) is 2.12. The van der Waals surface area contributed by atoms with Crippen LogP contribution >= 0.6 is 0 Å². The molecule has 2 aromatic rings. The number of H-pyrrole nitrogens is 1. The zero-order valence-corrected chi connectivity index (χ0v) is 10.2. The van der Waals surface area contributed by atoms with Gasteiger partial charge in [0.1, 0.15) is 12.4 Å². The normalized spacial score (nSPS) is 20.3. The second kappa shape index (κ2) is 4.77. The molecule has 0 radical (unpaired) electrons. The van der Waals surface area contributed by atoms with Crippen molar-refractivity contribution in [2.24, 2.45) is 5.73 Å². The van der Waals surface area contributed by atoms with Crippen molar-refractivity contribution in [3.05, 3.63) is 24.3 Å². The van der Waals surface area contributed by atoms with Crippen LogP contribution in [0.15, 0.2) is 18.5 Å². The second-order valence-electron chi connectivity index (χ2n) is 4.63. The Kier molecular flexibility index (Phi) is 2.97. The van der Waals surface area contributed by atoms with Gasteiger partial charge in [-0.3, -0.25) is 9.78 Å². The maximum Gasteiger partial charge on any atom is 0.244 e. The Morgan fingerprint density at radius 2 is 2.44 bits per heavy atom. The van der Waals surface area contributed by atoms with Gasteiger partial charge in [-0.25, -0.2) is 0 Å². The monoisotopic (exact) mass is 247 g/mol. The lowest BCUT2D eigenvalue weighted by Gasteiger charge is -2.29. The molecule has 1 saturated heterocycles. The van der Waals surface area contributed by atoms with Crippen LogP contribution in [0.1, 0.15) is 18.7 Å². The smallest absolute Gasteiger partial charge is 0.244 e. The average molecular weight is 247 g/mol. The molecular weight excluding hydrogens is 230 g/mol. The Bertz CT molecular complexity index is 489. The van der Waals surface area contributed by atoms with Crippen molar-refractivity contribution in [1.82, 2.24) is 25.0 Å². The first kappa shape index (κ1) is 11.2. The molecule has 0 aliphatic carbocycles. The first-order valence-corrected chi connectivity index (χ1v) is 6.20. The van der Waals surface area contributed by atoms with Crippen LogP contribution in [-0.4, -0.2) is 44.1 Å². The van der Waals surface area contributed by atoms with Crippen molar-refractivity contribution in [3.63, 3.8) is 0 Å². The van der Waals surface area contributed by atoms with Gasteiger partial charge in [0.15, 0.2) is 0 Å². The van der Waals surface area contributed by atoms with Crippen LogP contribution in [-0.2, 0) is 6.54 Å². The van der Waals surface area contributed by atoms with Crippen LogP contribution in [0.25, 0.3) is 0 Å². The summed E-state index contributed by atoms with van der Waals surface area (Å²) in [5.74, 6) is 1.56. The van der Waals surface area contributed by atoms with Gasteiger partial charge in [0.25, 0.3) is 0 Å². The third-order valence-corrected chi connectivity index (χ3v) is 3.13. The van der Waals surface area contributed by atoms with E-state index in [-0.39, 0.29) is 6.04 Å². The van der Waals surface area contributed by atoms with Crippen molar-refractivity contribution in [2.45, 2.75) is 25.4 Å². The number of nitrogens with two attached hydrogens (primary N) is 1. The molecule has 1 atom stereocenters. The number of aromatic nitrogens is 5. The number of hydrogen-bond donors (Lipinski definition) is 2. The summed E-state index contributed by atoms with van der Waals surface area (Å²) in [7, 11) is 0. The minimum absolute atomic E-state index is 0.229. The van der Waals surface area contributed by atoms with Gasteiger partial charge in [0, 0.05) is 31.5 Å². The number of hydrogen-bond acceptors (Lipinski definition) is 5. The van der Waals surface area contributed by atoms with Crippen LogP contribution < -0.4 is 10.6 Å². The Morgan fingerprint density at radius 1 is 1.50 bits per heavy atom. The summed E-state index contributed by atoms with van der Waals surface area (Å²) in [6.07, 6.45) is 5.84. The summed E-state index contributed by atoms with van der Waals surface area (Å²) in [5.41, 5.74) is 5.96. The third-order valence-electron chi connectivity index (χ3n) is 3.13. The number of anilines is 1. The Labute approximate surface area is 105 Å². The first-order chi connectivity index (χ1) is 8.81. The molecule has 1 aliphatic rings. The van der Waals surface area contributed by atoms with Gasteiger partial charge < -0.3 is 10.6 Å². The molecule has 7 nitrogen and oxygen atoms in total. The predicted octanol–water partition coefficient (Wildman–Crippen LogP) is -0.0230. The molecule has 7 heteroatoms. The van der Waals surface area contributed by atoms with E-state index in [4.69, 9.17) is 5.73 Å². The summed E-state index contributed by atoms with van der Waals surface area (Å²) >= 11 is 0. The first-order valence-electron chi connectivity index (χ1n) is 6.20. The molecule has 2 aromatic heterocycles. The number of aromatic amines is 1. The molecule has 1 unspecified atom stereocenters. The maximum atomic E-state index is 5.96. The zero-order valence-electron chi connectivity index (χ0n) is 10.2. The van der Waals surface area contributed by atoms with Crippen molar-refractivity contribution in [1.29, 1.82) is 0 Å². The molecule has 1 aliphatic heterocycles. The summed E-state index contributed by atoms with van der Waals surface area (Å²) in [5, 5.41) is 11.3. The van der Waals surface area contributed by atoms with Crippen molar-refractivity contribution in [3.8, 4) is 0 Å². The minimum Gasteiger partial charge on any atom is -0.338 e. The SMILES string of the molecule is NC1CCCN(c2n[nH]c(Cn3cccn3)n2)C1. The molecule has 0 bridgehead atoms. The van der Waals surface area contributed by atoms with E-state index in [0.717, 1.165) is 37.7 Å². The summed E-state index contributed by atoms with van der Waals surface area (Å²) in [6.45, 7) is 2.42. The van der Waals surface area contributed by atoms with Crippen LogP contribution in [0.3, 0.4) is 0 Å². The highest BCUT2D eigenvalue weighted by Crippen LogP contribution is 2.14. The van der Waals surface area contributed by atoms with Gasteiger partial charge in [-0.15, -0.1) is 5.10 Å². The third kappa shape index (κ3) is 2.35. The lowest BCUT2D eigenvalue weighted by Crippen LogP contribution is -2.43. The molecule has 3 heterocycles. The zero-order chi connectivity index (χ0) is 12.4. The van der Waals surface area contributed by atoms with E-state index >= 15 is 0 Å². The molecule has 3 rings (SSSR count). The van der Waals surface area contributed by atoms with Crippen LogP contribution in [0.4, 0.5) is 5.95 Å². The average Bonchev–Trinajstić information content (AvgIpc) is 3.01. The van der Waals surface area contributed by atoms with Crippen molar-refractivity contribution >= 4 is 5.95 Å². The van der Waals surface area contributed by atoms with Crippen LogP contribution in [0.5, 0.6) is 0 Å². The van der Waals surface area contributed by atoms with E-state index < -0.39 is 0 Å². The van der Waals surface area contributed by atoms with E-state index in [0.29, 0.717) is 6.54 Å². The summed E-state index contributed by atoms with van der Waals surface area (Å²) in [4.78, 5) is 6.62. The lowest BCUT2D eigenvalue weighted by molar-refractivity contribution is 0.500. The number of piperidine rings is 1. The van der Waals surface area contributed by atoms with Gasteiger partial charge >= 0.3 is 0 Å². The number of nitrogens with one attached hydrogen (secondary N) is 1. The molecule has 0 saturated carbocycles. The largest absolute Gasteiger partial charge is 0.338 e. The molecule has 18 heavy (non-hydrogen) atoms. The molecule has 0 amide bonds. The fourth-order valence-corrected chi connectivity index (χ4v) is 2.24. The predicted molar refractivity (Wildman–Crippen MR) is 67.1 cm³/mol. The fourth-order valence-electron chi connectivity index (χ4n) is 2.24. The van der Waals surface area contributed by atoms with E-state index in [9.17, 15) is 0 Å². The van der Waals surface area contributed by atoms with Gasteiger partial charge in [-0.2, -0.15) is 10.1 Å².